The van der Waals surface area contributed by atoms with E-state index in [1.54, 1.807) is 12.3 Å². The van der Waals surface area contributed by atoms with Crippen LogP contribution in [0.2, 0.25) is 5.02 Å². The molecule has 0 bridgehead atoms. The zero-order valence-corrected chi connectivity index (χ0v) is 20.7. The van der Waals surface area contributed by atoms with Crippen molar-refractivity contribution in [2.75, 3.05) is 13.1 Å². The fourth-order valence-corrected chi connectivity index (χ4v) is 6.30. The van der Waals surface area contributed by atoms with Crippen LogP contribution in [0.3, 0.4) is 0 Å². The number of carbonyl (C=O) groups excluding carboxylic acids is 1. The normalized spacial score (nSPS) is 19.6. The van der Waals surface area contributed by atoms with Gasteiger partial charge in [-0.05, 0) is 69.1 Å². The smallest absolute Gasteiger partial charge is 0.408 e. The van der Waals surface area contributed by atoms with Gasteiger partial charge in [-0.2, -0.15) is 13.2 Å². The minimum absolute atomic E-state index is 0.0856. The van der Waals surface area contributed by atoms with Gasteiger partial charge in [0, 0.05) is 33.6 Å². The average Bonchev–Trinajstić information content (AvgIpc) is 3.39. The summed E-state index contributed by atoms with van der Waals surface area (Å²) in [4.78, 5) is 18.3. The lowest BCUT2D eigenvalue weighted by Crippen LogP contribution is -2.42. The summed E-state index contributed by atoms with van der Waals surface area (Å²) >= 11 is 7.79. The molecule has 1 aromatic carbocycles. The van der Waals surface area contributed by atoms with Crippen molar-refractivity contribution in [1.82, 2.24) is 15.2 Å². The number of nitrogens with zero attached hydrogens (tertiary/aromatic N) is 2. The second kappa shape index (κ2) is 9.59. The molecule has 0 spiro atoms. The van der Waals surface area contributed by atoms with E-state index in [9.17, 15) is 18.0 Å². The van der Waals surface area contributed by atoms with Gasteiger partial charge in [0.15, 0.2) is 0 Å². The van der Waals surface area contributed by atoms with E-state index in [2.05, 4.69) is 10.3 Å². The number of rotatable bonds is 5. The van der Waals surface area contributed by atoms with Crippen molar-refractivity contribution in [3.8, 4) is 16.9 Å². The first-order valence-electron chi connectivity index (χ1n) is 11.6. The Balaban J connectivity index is 1.52. The highest BCUT2D eigenvalue weighted by Crippen LogP contribution is 2.43. The van der Waals surface area contributed by atoms with Gasteiger partial charge in [-0.25, -0.2) is 0 Å². The highest BCUT2D eigenvalue weighted by Gasteiger charge is 2.48. The van der Waals surface area contributed by atoms with Gasteiger partial charge in [0.25, 0.3) is 0 Å². The van der Waals surface area contributed by atoms with Crippen LogP contribution in [0.25, 0.3) is 21.3 Å². The summed E-state index contributed by atoms with van der Waals surface area (Å²) in [7, 11) is 0. The molecule has 0 saturated carbocycles. The number of pyridine rings is 1. The molecule has 2 saturated heterocycles. The molecule has 2 aliphatic rings. The predicted molar refractivity (Wildman–Crippen MR) is 131 cm³/mol. The molecule has 3 aromatic rings. The maximum absolute atomic E-state index is 13.5. The molecule has 5 nitrogen and oxygen atoms in total. The van der Waals surface area contributed by atoms with Crippen LogP contribution in [0.5, 0.6) is 5.75 Å². The molecule has 2 fully saturated rings. The standard InChI is InChI=1S/C25H25ClF3N3O2S/c1-14-10-15(26)11-19(23(14)34-16-4-7-30-8-5-16)18-6-9-31-20-12-17(35-24(18)20)13-32-21(25(27,28)29)2-3-22(32)33/h6,9-12,16,21,30H,2-5,7-8,13H2,1H3. The van der Waals surface area contributed by atoms with E-state index in [1.807, 2.05) is 25.1 Å². The molecule has 35 heavy (non-hydrogen) atoms. The van der Waals surface area contributed by atoms with Gasteiger partial charge in [0.2, 0.25) is 5.91 Å². The van der Waals surface area contributed by atoms with Gasteiger partial charge in [-0.15, -0.1) is 11.3 Å². The lowest BCUT2D eigenvalue weighted by molar-refractivity contribution is -0.181. The van der Waals surface area contributed by atoms with E-state index in [0.29, 0.717) is 15.4 Å². The molecule has 1 unspecified atom stereocenters. The Bertz CT molecular complexity index is 1260. The summed E-state index contributed by atoms with van der Waals surface area (Å²) in [5, 5.41) is 3.91. The van der Waals surface area contributed by atoms with Gasteiger partial charge in [0.1, 0.15) is 17.9 Å². The number of ether oxygens (including phenoxy) is 1. The number of thiophene rings is 1. The molecule has 0 aliphatic carbocycles. The fourth-order valence-electron chi connectivity index (χ4n) is 4.88. The second-order valence-electron chi connectivity index (χ2n) is 9.07. The van der Waals surface area contributed by atoms with Crippen LogP contribution >= 0.6 is 22.9 Å². The van der Waals surface area contributed by atoms with Gasteiger partial charge in [-0.3, -0.25) is 9.78 Å². The lowest BCUT2D eigenvalue weighted by atomic mass is 10.0. The zero-order valence-electron chi connectivity index (χ0n) is 19.1. The molecule has 10 heteroatoms. The monoisotopic (exact) mass is 523 g/mol. The number of halogens is 4. The summed E-state index contributed by atoms with van der Waals surface area (Å²) < 4.78 is 47.7. The molecule has 1 amide bonds. The van der Waals surface area contributed by atoms with E-state index in [4.69, 9.17) is 16.3 Å². The van der Waals surface area contributed by atoms with Crippen molar-refractivity contribution in [3.05, 3.63) is 45.9 Å². The Hall–Kier alpha value is -2.36. The summed E-state index contributed by atoms with van der Waals surface area (Å²) in [6, 6.07) is 5.64. The van der Waals surface area contributed by atoms with Gasteiger partial charge >= 0.3 is 6.18 Å². The average molecular weight is 524 g/mol. The Kier molecular flexibility index (Phi) is 6.67. The van der Waals surface area contributed by atoms with Crippen LogP contribution in [-0.4, -0.2) is 47.2 Å². The molecular weight excluding hydrogens is 499 g/mol. The molecular formula is C25H25ClF3N3O2S. The minimum Gasteiger partial charge on any atom is -0.489 e. The van der Waals surface area contributed by atoms with Gasteiger partial charge < -0.3 is 15.0 Å². The fraction of sp³-hybridized carbons (Fsp3) is 0.440. The number of nitrogens with one attached hydrogen (secondary N) is 1. The number of piperidine rings is 1. The van der Waals surface area contributed by atoms with Crippen LogP contribution < -0.4 is 10.1 Å². The highest BCUT2D eigenvalue weighted by atomic mass is 35.5. The van der Waals surface area contributed by atoms with Crippen molar-refractivity contribution in [2.24, 2.45) is 0 Å². The number of aryl methyl sites for hydroxylation is 1. The Morgan fingerprint density at radius 3 is 2.71 bits per heavy atom. The van der Waals surface area contributed by atoms with Crippen molar-refractivity contribution >= 4 is 39.1 Å². The Labute approximate surface area is 210 Å². The van der Waals surface area contributed by atoms with Crippen LogP contribution in [0.15, 0.2) is 30.5 Å². The van der Waals surface area contributed by atoms with E-state index >= 15 is 0 Å². The highest BCUT2D eigenvalue weighted by molar-refractivity contribution is 7.19. The van der Waals surface area contributed by atoms with Crippen LogP contribution in [0.4, 0.5) is 13.2 Å². The van der Waals surface area contributed by atoms with Gasteiger partial charge in [0.05, 0.1) is 16.8 Å². The first-order chi connectivity index (χ1) is 16.7. The molecule has 1 N–H and O–H groups in total. The minimum atomic E-state index is -4.44. The Morgan fingerprint density at radius 2 is 1.97 bits per heavy atom. The third-order valence-corrected chi connectivity index (χ3v) is 7.96. The number of benzene rings is 1. The molecule has 2 aromatic heterocycles. The molecule has 5 rings (SSSR count). The summed E-state index contributed by atoms with van der Waals surface area (Å²) in [6.07, 6.45) is -1.15. The molecule has 4 heterocycles. The third-order valence-electron chi connectivity index (χ3n) is 6.60. The van der Waals surface area contributed by atoms with Crippen LogP contribution in [0, 0.1) is 6.92 Å². The van der Waals surface area contributed by atoms with Crippen molar-refractivity contribution in [2.45, 2.75) is 57.5 Å². The van der Waals surface area contributed by atoms with E-state index in [-0.39, 0.29) is 25.5 Å². The zero-order chi connectivity index (χ0) is 24.7. The number of hydrogen-bond acceptors (Lipinski definition) is 5. The van der Waals surface area contributed by atoms with Gasteiger partial charge in [-0.1, -0.05) is 11.6 Å². The topological polar surface area (TPSA) is 54.5 Å². The van der Waals surface area contributed by atoms with Crippen LogP contribution in [-0.2, 0) is 11.3 Å². The third kappa shape index (κ3) is 4.99. The summed E-state index contributed by atoms with van der Waals surface area (Å²) in [5.41, 5.74) is 3.28. The maximum Gasteiger partial charge on any atom is 0.408 e. The number of amides is 1. The quantitative estimate of drug-likeness (QED) is 0.438. The van der Waals surface area contributed by atoms with E-state index < -0.39 is 18.1 Å². The molecule has 1 atom stereocenters. The molecule has 2 aliphatic heterocycles. The summed E-state index contributed by atoms with van der Waals surface area (Å²) in [6.45, 7) is 3.67. The predicted octanol–water partition coefficient (Wildman–Crippen LogP) is 6.11. The number of aromatic nitrogens is 1. The number of carbonyl (C=O) groups is 1. The number of fused-ring (bicyclic) bond motifs is 1. The number of likely N-dealkylation sites (tertiary alicyclic amines) is 1. The first kappa shape index (κ1) is 24.3. The maximum atomic E-state index is 13.5. The van der Waals surface area contributed by atoms with E-state index in [0.717, 1.165) is 58.0 Å². The number of alkyl halides is 3. The Morgan fingerprint density at radius 1 is 1.20 bits per heavy atom. The van der Waals surface area contributed by atoms with Crippen LogP contribution in [0.1, 0.15) is 36.1 Å². The lowest BCUT2D eigenvalue weighted by Gasteiger charge is -2.26. The molecule has 0 radical (unpaired) electrons. The largest absolute Gasteiger partial charge is 0.489 e. The number of hydrogen-bond donors (Lipinski definition) is 1. The SMILES string of the molecule is Cc1cc(Cl)cc(-c2ccnc3cc(CN4C(=O)CCC4C(F)(F)F)sc23)c1OC1CCNCC1. The summed E-state index contributed by atoms with van der Waals surface area (Å²) in [5.74, 6) is 0.289. The first-order valence-corrected chi connectivity index (χ1v) is 12.8. The van der Waals surface area contributed by atoms with Crippen molar-refractivity contribution in [3.63, 3.8) is 0 Å². The molecule has 186 valence electrons. The van der Waals surface area contributed by atoms with Crippen molar-refractivity contribution in [1.29, 1.82) is 0 Å². The second-order valence-corrected chi connectivity index (χ2v) is 10.6. The van der Waals surface area contributed by atoms with E-state index in [1.165, 1.54) is 11.3 Å². The van der Waals surface area contributed by atoms with Crippen molar-refractivity contribution < 1.29 is 22.7 Å².